The van der Waals surface area contributed by atoms with E-state index in [1.165, 1.54) is 0 Å². The fourth-order valence-corrected chi connectivity index (χ4v) is 2.79. The first-order valence-corrected chi connectivity index (χ1v) is 7.90. The summed E-state index contributed by atoms with van der Waals surface area (Å²) in [6.07, 6.45) is 3.78. The third-order valence-corrected chi connectivity index (χ3v) is 4.22. The molecular weight excluding hydrogens is 266 g/mol. The van der Waals surface area contributed by atoms with Crippen LogP contribution in [0.1, 0.15) is 36.0 Å². The van der Waals surface area contributed by atoms with Crippen LogP contribution in [0.5, 0.6) is 5.75 Å². The number of carbonyl (C=O) groups is 1. The Morgan fingerprint density at radius 3 is 2.62 bits per heavy atom. The molecule has 0 amide bonds. The Hall–Kier alpha value is -1.39. The van der Waals surface area contributed by atoms with E-state index in [9.17, 15) is 9.90 Å². The van der Waals surface area contributed by atoms with Gasteiger partial charge in [0, 0.05) is 31.1 Å². The molecule has 0 radical (unpaired) electrons. The van der Waals surface area contributed by atoms with Crippen LogP contribution in [0.2, 0.25) is 0 Å². The normalized spacial score (nSPS) is 22.4. The van der Waals surface area contributed by atoms with E-state index in [0.717, 1.165) is 56.6 Å². The predicted molar refractivity (Wildman–Crippen MR) is 80.7 cm³/mol. The van der Waals surface area contributed by atoms with Crippen LogP contribution in [0, 0.1) is 5.92 Å². The molecule has 0 bridgehead atoms. The largest absolute Gasteiger partial charge is 0.494 e. The van der Waals surface area contributed by atoms with Crippen LogP contribution in [-0.2, 0) is 0 Å². The summed E-state index contributed by atoms with van der Waals surface area (Å²) in [6, 6.07) is 7.50. The number of ether oxygens (including phenoxy) is 1. The first-order chi connectivity index (χ1) is 10.2. The van der Waals surface area contributed by atoms with Crippen LogP contribution in [0.3, 0.4) is 0 Å². The first-order valence-electron chi connectivity index (χ1n) is 7.90. The smallest absolute Gasteiger partial charge is 0.165 e. The number of Topliss-reactive ketones (excluding diaryl/α,β-unsaturated/α-hetero) is 1. The van der Waals surface area contributed by atoms with Crippen molar-refractivity contribution >= 4 is 5.78 Å². The predicted octanol–water partition coefficient (Wildman–Crippen LogP) is 2.11. The third kappa shape index (κ3) is 4.05. The Morgan fingerprint density at radius 2 is 2.00 bits per heavy atom. The minimum atomic E-state index is -0.150. The van der Waals surface area contributed by atoms with E-state index in [1.807, 2.05) is 24.3 Å². The SMILES string of the molecule is O=C(c1ccc(OCCCN2CCC(O)C2)cc1)C1CC1. The lowest BCUT2D eigenvalue weighted by Crippen LogP contribution is -2.24. The van der Waals surface area contributed by atoms with Gasteiger partial charge in [0.2, 0.25) is 0 Å². The molecule has 2 fully saturated rings. The first kappa shape index (κ1) is 14.5. The monoisotopic (exact) mass is 289 g/mol. The Morgan fingerprint density at radius 1 is 1.24 bits per heavy atom. The molecule has 1 aliphatic carbocycles. The molecule has 21 heavy (non-hydrogen) atoms. The highest BCUT2D eigenvalue weighted by atomic mass is 16.5. The summed E-state index contributed by atoms with van der Waals surface area (Å²) in [4.78, 5) is 14.2. The number of likely N-dealkylation sites (tertiary alicyclic amines) is 1. The number of carbonyl (C=O) groups excluding carboxylic acids is 1. The summed E-state index contributed by atoms with van der Waals surface area (Å²) in [7, 11) is 0. The number of rotatable bonds is 7. The lowest BCUT2D eigenvalue weighted by atomic mass is 10.1. The van der Waals surface area contributed by atoms with Gasteiger partial charge in [-0.15, -0.1) is 0 Å². The van der Waals surface area contributed by atoms with Gasteiger partial charge in [-0.25, -0.2) is 0 Å². The molecule has 4 heteroatoms. The zero-order valence-corrected chi connectivity index (χ0v) is 12.3. The number of hydrogen-bond acceptors (Lipinski definition) is 4. The summed E-state index contributed by atoms with van der Waals surface area (Å²) in [5.74, 6) is 1.37. The third-order valence-electron chi connectivity index (χ3n) is 4.22. The Bertz CT molecular complexity index is 481. The zero-order valence-electron chi connectivity index (χ0n) is 12.3. The van der Waals surface area contributed by atoms with E-state index < -0.39 is 0 Å². The summed E-state index contributed by atoms with van der Waals surface area (Å²) in [5, 5.41) is 9.45. The van der Waals surface area contributed by atoms with Crippen molar-refractivity contribution in [2.75, 3.05) is 26.2 Å². The average Bonchev–Trinajstić information content (AvgIpc) is 3.27. The minimum Gasteiger partial charge on any atom is -0.494 e. The topological polar surface area (TPSA) is 49.8 Å². The molecule has 1 saturated heterocycles. The van der Waals surface area contributed by atoms with Crippen molar-refractivity contribution in [1.29, 1.82) is 0 Å². The number of hydrogen-bond donors (Lipinski definition) is 1. The van der Waals surface area contributed by atoms with Gasteiger partial charge in [0.1, 0.15) is 5.75 Å². The van der Waals surface area contributed by atoms with Gasteiger partial charge in [-0.05, 0) is 49.9 Å². The van der Waals surface area contributed by atoms with Gasteiger partial charge in [-0.3, -0.25) is 4.79 Å². The van der Waals surface area contributed by atoms with Gasteiger partial charge >= 0.3 is 0 Å². The molecule has 1 aromatic carbocycles. The maximum absolute atomic E-state index is 11.9. The van der Waals surface area contributed by atoms with Gasteiger partial charge in [-0.2, -0.15) is 0 Å². The number of aliphatic hydroxyl groups excluding tert-OH is 1. The zero-order chi connectivity index (χ0) is 14.7. The van der Waals surface area contributed by atoms with E-state index in [4.69, 9.17) is 4.74 Å². The Kier molecular flexibility index (Phi) is 4.56. The maximum atomic E-state index is 11.9. The molecule has 2 aliphatic rings. The Balaban J connectivity index is 1.38. The van der Waals surface area contributed by atoms with Crippen LogP contribution in [0.25, 0.3) is 0 Å². The molecule has 1 atom stereocenters. The second kappa shape index (κ2) is 6.58. The van der Waals surface area contributed by atoms with Gasteiger partial charge in [0.05, 0.1) is 12.7 Å². The van der Waals surface area contributed by atoms with Crippen LogP contribution < -0.4 is 4.74 Å². The van der Waals surface area contributed by atoms with Crippen LogP contribution >= 0.6 is 0 Å². The number of ketones is 1. The fraction of sp³-hybridized carbons (Fsp3) is 0.588. The summed E-state index contributed by atoms with van der Waals surface area (Å²) < 4.78 is 5.70. The maximum Gasteiger partial charge on any atom is 0.165 e. The molecule has 0 aromatic heterocycles. The summed E-state index contributed by atoms with van der Waals surface area (Å²) >= 11 is 0. The van der Waals surface area contributed by atoms with Gasteiger partial charge in [-0.1, -0.05) is 0 Å². The number of nitrogens with zero attached hydrogens (tertiary/aromatic N) is 1. The highest BCUT2D eigenvalue weighted by molar-refractivity contribution is 5.99. The molecule has 1 unspecified atom stereocenters. The quantitative estimate of drug-likeness (QED) is 0.617. The Labute approximate surface area is 125 Å². The minimum absolute atomic E-state index is 0.150. The lowest BCUT2D eigenvalue weighted by molar-refractivity contribution is 0.0967. The van der Waals surface area contributed by atoms with E-state index in [1.54, 1.807) is 0 Å². The van der Waals surface area contributed by atoms with Crippen LogP contribution in [0.4, 0.5) is 0 Å². The molecule has 0 spiro atoms. The van der Waals surface area contributed by atoms with Crippen molar-refractivity contribution < 1.29 is 14.6 Å². The fourth-order valence-electron chi connectivity index (χ4n) is 2.79. The van der Waals surface area contributed by atoms with Crippen LogP contribution in [0.15, 0.2) is 24.3 Å². The molecule has 1 aromatic rings. The lowest BCUT2D eigenvalue weighted by Gasteiger charge is -2.14. The van der Waals surface area contributed by atoms with Gasteiger partial charge in [0.15, 0.2) is 5.78 Å². The highest BCUT2D eigenvalue weighted by Crippen LogP contribution is 2.32. The van der Waals surface area contributed by atoms with Crippen molar-refractivity contribution in [3.05, 3.63) is 29.8 Å². The van der Waals surface area contributed by atoms with E-state index in [0.29, 0.717) is 6.61 Å². The summed E-state index contributed by atoms with van der Waals surface area (Å²) in [6.45, 7) is 3.41. The van der Waals surface area contributed by atoms with Crippen LogP contribution in [-0.4, -0.2) is 48.1 Å². The van der Waals surface area contributed by atoms with E-state index in [2.05, 4.69) is 4.90 Å². The number of β-amino-alcohol motifs (C(OH)–C–C–N with tert-alkyl or cyclic N) is 1. The van der Waals surface area contributed by atoms with Crippen molar-refractivity contribution in [2.24, 2.45) is 5.92 Å². The van der Waals surface area contributed by atoms with Crippen molar-refractivity contribution in [3.8, 4) is 5.75 Å². The van der Waals surface area contributed by atoms with Gasteiger partial charge in [0.25, 0.3) is 0 Å². The van der Waals surface area contributed by atoms with Gasteiger partial charge < -0.3 is 14.7 Å². The molecule has 1 heterocycles. The number of benzene rings is 1. The highest BCUT2D eigenvalue weighted by Gasteiger charge is 2.30. The molecule has 1 N–H and O–H groups in total. The molecule has 3 rings (SSSR count). The van der Waals surface area contributed by atoms with Crippen molar-refractivity contribution in [3.63, 3.8) is 0 Å². The molecule has 1 saturated carbocycles. The summed E-state index contributed by atoms with van der Waals surface area (Å²) in [5.41, 5.74) is 0.802. The second-order valence-electron chi connectivity index (χ2n) is 6.11. The second-order valence-corrected chi connectivity index (χ2v) is 6.11. The number of aliphatic hydroxyl groups is 1. The molecule has 4 nitrogen and oxygen atoms in total. The molecule has 114 valence electrons. The average molecular weight is 289 g/mol. The standard InChI is InChI=1S/C17H23NO3/c19-15-8-10-18(12-15)9-1-11-21-16-6-4-14(5-7-16)17(20)13-2-3-13/h4-7,13,15,19H,1-3,8-12H2. The van der Waals surface area contributed by atoms with E-state index in [-0.39, 0.29) is 17.8 Å². The van der Waals surface area contributed by atoms with E-state index >= 15 is 0 Å². The molecule has 1 aliphatic heterocycles. The van der Waals surface area contributed by atoms with Crippen molar-refractivity contribution in [1.82, 2.24) is 4.90 Å². The van der Waals surface area contributed by atoms with Crippen molar-refractivity contribution in [2.45, 2.75) is 31.8 Å². The molecular formula is C17H23NO3.